The lowest BCUT2D eigenvalue weighted by Gasteiger charge is -2.57. The molecule has 1 N–H and O–H groups in total. The number of aliphatic hydroxyl groups excluding tert-OH is 1. The fraction of sp³-hybridized carbons (Fsp3) is 0.917. The Morgan fingerprint density at radius 3 is 2.00 bits per heavy atom. The average molecular weight is 209 g/mol. The van der Waals surface area contributed by atoms with E-state index in [4.69, 9.17) is 0 Å². The summed E-state index contributed by atoms with van der Waals surface area (Å²) >= 11 is 0. The molecule has 1 unspecified atom stereocenters. The van der Waals surface area contributed by atoms with Crippen LogP contribution in [0.2, 0.25) is 0 Å². The van der Waals surface area contributed by atoms with Crippen molar-refractivity contribution in [2.45, 2.75) is 44.8 Å². The van der Waals surface area contributed by atoms with Crippen molar-refractivity contribution in [2.75, 3.05) is 0 Å². The molecule has 4 aliphatic rings. The fourth-order valence-electron chi connectivity index (χ4n) is 4.65. The smallest absolute Gasteiger partial charge is 0.419 e. The molecule has 15 heavy (non-hydrogen) atoms. The van der Waals surface area contributed by atoms with Crippen LogP contribution in [-0.2, 0) is 9.53 Å². The van der Waals surface area contributed by atoms with Crippen molar-refractivity contribution in [3.63, 3.8) is 0 Å². The van der Waals surface area contributed by atoms with Crippen molar-refractivity contribution in [1.82, 2.24) is 0 Å². The first-order chi connectivity index (χ1) is 7.22. The van der Waals surface area contributed by atoms with Crippen LogP contribution in [0.1, 0.15) is 38.5 Å². The Labute approximate surface area is 89.8 Å². The van der Waals surface area contributed by atoms with Gasteiger partial charge in [-0.3, -0.25) is 0 Å². The van der Waals surface area contributed by atoms with E-state index in [1.807, 2.05) is 0 Å². The lowest BCUT2D eigenvalue weighted by Crippen LogP contribution is -2.52. The van der Waals surface area contributed by atoms with E-state index in [-0.39, 0.29) is 5.41 Å². The highest BCUT2D eigenvalue weighted by Gasteiger charge is 2.55. The first kappa shape index (κ1) is 9.64. The van der Waals surface area contributed by atoms with E-state index < -0.39 is 6.29 Å². The minimum atomic E-state index is -0.914. The van der Waals surface area contributed by atoms with Crippen LogP contribution in [-0.4, -0.2) is 17.9 Å². The molecule has 0 aromatic carbocycles. The molecule has 3 heteroatoms. The lowest BCUT2D eigenvalue weighted by atomic mass is 9.49. The zero-order valence-electron chi connectivity index (χ0n) is 8.82. The van der Waals surface area contributed by atoms with E-state index in [9.17, 15) is 9.90 Å². The van der Waals surface area contributed by atoms with Gasteiger partial charge in [-0.2, -0.15) is 0 Å². The first-order valence-corrected chi connectivity index (χ1v) is 5.93. The molecule has 4 rings (SSSR count). The predicted octanol–water partition coefficient (Wildman–Crippen LogP) is 1.60. The third-order valence-electron chi connectivity index (χ3n) is 4.77. The van der Waals surface area contributed by atoms with Crippen LogP contribution in [0, 0.1) is 23.2 Å². The van der Waals surface area contributed by atoms with Crippen LogP contribution in [0.15, 0.2) is 0 Å². The molecule has 0 saturated heterocycles. The molecule has 0 spiro atoms. The van der Waals surface area contributed by atoms with Gasteiger partial charge < -0.3 is 9.84 Å². The third-order valence-corrected chi connectivity index (χ3v) is 4.77. The number of hydrogen-bond donors (Lipinski definition) is 1. The first-order valence-electron chi connectivity index (χ1n) is 5.93. The highest BCUT2D eigenvalue weighted by Crippen LogP contribution is 2.61. The van der Waals surface area contributed by atoms with Crippen LogP contribution >= 0.6 is 0 Å². The summed E-state index contributed by atoms with van der Waals surface area (Å²) in [5.74, 6) is 2.29. The van der Waals surface area contributed by atoms with Gasteiger partial charge in [0, 0.05) is 5.41 Å². The summed E-state index contributed by atoms with van der Waals surface area (Å²) in [6.45, 7) is 1.39. The lowest BCUT2D eigenvalue weighted by molar-refractivity contribution is -0.196. The molecule has 3 nitrogen and oxygen atoms in total. The Bertz CT molecular complexity index is 239. The SMILES string of the molecule is O=[C]OC(O)C12CC3CC(CC(C3)C1)C2. The topological polar surface area (TPSA) is 46.5 Å². The van der Waals surface area contributed by atoms with Crippen molar-refractivity contribution in [2.24, 2.45) is 23.2 Å². The van der Waals surface area contributed by atoms with Crippen LogP contribution in [0.25, 0.3) is 0 Å². The molecule has 83 valence electrons. The highest BCUT2D eigenvalue weighted by molar-refractivity contribution is 5.38. The maximum atomic E-state index is 10.2. The second kappa shape index (κ2) is 3.21. The number of carbonyl (C=O) groups excluding carboxylic acids is 1. The molecule has 0 heterocycles. The predicted molar refractivity (Wildman–Crippen MR) is 53.4 cm³/mol. The summed E-state index contributed by atoms with van der Waals surface area (Å²) in [5.41, 5.74) is -0.119. The van der Waals surface area contributed by atoms with Gasteiger partial charge in [-0.1, -0.05) is 0 Å². The van der Waals surface area contributed by atoms with Crippen molar-refractivity contribution < 1.29 is 14.6 Å². The second-order valence-electron chi connectivity index (χ2n) is 5.83. The Morgan fingerprint density at radius 1 is 1.13 bits per heavy atom. The normalized spacial score (nSPS) is 49.0. The molecular formula is C12H17O3. The van der Waals surface area contributed by atoms with Gasteiger partial charge in [-0.25, -0.2) is 4.79 Å². The van der Waals surface area contributed by atoms with Crippen LogP contribution in [0.3, 0.4) is 0 Å². The van der Waals surface area contributed by atoms with Gasteiger partial charge >= 0.3 is 6.47 Å². The van der Waals surface area contributed by atoms with Gasteiger partial charge in [0.05, 0.1) is 0 Å². The summed E-state index contributed by atoms with van der Waals surface area (Å²) in [6.07, 6.45) is 6.21. The molecule has 1 atom stereocenters. The van der Waals surface area contributed by atoms with Crippen LogP contribution < -0.4 is 0 Å². The summed E-state index contributed by atoms with van der Waals surface area (Å²) in [5, 5.41) is 9.93. The number of rotatable bonds is 3. The molecular weight excluding hydrogens is 192 g/mol. The van der Waals surface area contributed by atoms with E-state index in [0.29, 0.717) is 0 Å². The van der Waals surface area contributed by atoms with Crippen molar-refractivity contribution in [3.05, 3.63) is 0 Å². The highest BCUT2D eigenvalue weighted by atomic mass is 16.6. The van der Waals surface area contributed by atoms with E-state index in [1.165, 1.54) is 25.7 Å². The molecule has 4 bridgehead atoms. The van der Waals surface area contributed by atoms with Crippen molar-refractivity contribution in [3.8, 4) is 0 Å². The number of aliphatic hydroxyl groups is 1. The van der Waals surface area contributed by atoms with Gasteiger partial charge in [0.15, 0.2) is 0 Å². The molecule has 4 aliphatic carbocycles. The summed E-state index contributed by atoms with van der Waals surface area (Å²) in [6, 6.07) is 0. The van der Waals surface area contributed by atoms with Crippen LogP contribution in [0.4, 0.5) is 0 Å². The summed E-state index contributed by atoms with van der Waals surface area (Å²) in [7, 11) is 0. The molecule has 0 aromatic heterocycles. The molecule has 0 aliphatic heterocycles. The van der Waals surface area contributed by atoms with Crippen molar-refractivity contribution >= 4 is 6.47 Å². The zero-order chi connectivity index (χ0) is 10.5. The molecule has 4 saturated carbocycles. The van der Waals surface area contributed by atoms with Gasteiger partial charge in [0.1, 0.15) is 0 Å². The van der Waals surface area contributed by atoms with Gasteiger partial charge in [0.2, 0.25) is 6.29 Å². The average Bonchev–Trinajstić information content (AvgIpc) is 2.15. The Balaban J connectivity index is 1.83. The molecule has 1 radical (unpaired) electrons. The van der Waals surface area contributed by atoms with Gasteiger partial charge in [-0.15, -0.1) is 0 Å². The van der Waals surface area contributed by atoms with Gasteiger partial charge in [0.25, 0.3) is 0 Å². The third kappa shape index (κ3) is 1.40. The minimum absolute atomic E-state index is 0.119. The molecule has 0 amide bonds. The summed E-state index contributed by atoms with van der Waals surface area (Å²) in [4.78, 5) is 10.2. The Hall–Kier alpha value is -0.570. The largest absolute Gasteiger partial charge is 0.427 e. The second-order valence-corrected chi connectivity index (χ2v) is 5.83. The fourth-order valence-corrected chi connectivity index (χ4v) is 4.65. The van der Waals surface area contributed by atoms with Crippen molar-refractivity contribution in [1.29, 1.82) is 0 Å². The zero-order valence-corrected chi connectivity index (χ0v) is 8.82. The molecule has 4 fully saturated rings. The number of hydrogen-bond acceptors (Lipinski definition) is 3. The quantitative estimate of drug-likeness (QED) is 0.718. The van der Waals surface area contributed by atoms with Crippen LogP contribution in [0.5, 0.6) is 0 Å². The van der Waals surface area contributed by atoms with E-state index in [1.54, 1.807) is 0 Å². The maximum absolute atomic E-state index is 10.2. The maximum Gasteiger partial charge on any atom is 0.419 e. The Kier molecular flexibility index (Phi) is 2.06. The van der Waals surface area contributed by atoms with E-state index >= 15 is 0 Å². The molecule has 0 aromatic rings. The standard InChI is InChI=1S/C12H17O3/c13-7-15-11(14)12-4-8-1-9(5-12)3-10(2-8)6-12/h8-11,14H,1-6H2. The Morgan fingerprint density at radius 2 is 1.60 bits per heavy atom. The van der Waals surface area contributed by atoms with Gasteiger partial charge in [-0.05, 0) is 56.3 Å². The van der Waals surface area contributed by atoms with E-state index in [0.717, 1.165) is 37.0 Å². The number of ether oxygens (including phenoxy) is 1. The van der Waals surface area contributed by atoms with E-state index in [2.05, 4.69) is 4.74 Å². The minimum Gasteiger partial charge on any atom is -0.427 e. The monoisotopic (exact) mass is 209 g/mol. The summed E-state index contributed by atoms with van der Waals surface area (Å²) < 4.78 is 4.68.